The molecule has 26 heavy (non-hydrogen) atoms. The van der Waals surface area contributed by atoms with Crippen molar-refractivity contribution in [2.75, 3.05) is 0 Å². The molecule has 8 atom stereocenters. The maximum Gasteiger partial charge on any atom is 0.303 e. The summed E-state index contributed by atoms with van der Waals surface area (Å²) < 4.78 is 20.6. The molecule has 0 unspecified atom stereocenters. The lowest BCUT2D eigenvalue weighted by molar-refractivity contribution is -0.296. The molecule has 0 saturated heterocycles. The normalized spacial score (nSPS) is 38.2. The van der Waals surface area contributed by atoms with Gasteiger partial charge in [-0.25, -0.2) is 0 Å². The number of carbonyl (C=O) groups is 4. The average Bonchev–Trinajstić information content (AvgIpc) is 2.49. The van der Waals surface area contributed by atoms with Gasteiger partial charge in [0.15, 0.2) is 0 Å². The van der Waals surface area contributed by atoms with Crippen molar-refractivity contribution in [2.45, 2.75) is 64.3 Å². The zero-order chi connectivity index (χ0) is 19.8. The molecule has 10 nitrogen and oxygen atoms in total. The number of aliphatic hydroxyl groups excluding tert-OH is 2. The number of fused-ring (bicyclic) bond motifs is 1. The van der Waals surface area contributed by atoms with E-state index in [1.165, 1.54) is 0 Å². The highest BCUT2D eigenvalue weighted by molar-refractivity contribution is 5.69. The number of esters is 4. The van der Waals surface area contributed by atoms with E-state index in [-0.39, 0.29) is 0 Å². The van der Waals surface area contributed by atoms with Crippen LogP contribution in [0.4, 0.5) is 0 Å². The summed E-state index contributed by atoms with van der Waals surface area (Å²) in [7, 11) is 0. The summed E-state index contributed by atoms with van der Waals surface area (Å²) in [5.41, 5.74) is 0. The predicted molar refractivity (Wildman–Crippen MR) is 81.2 cm³/mol. The van der Waals surface area contributed by atoms with E-state index in [4.69, 9.17) is 18.9 Å². The maximum atomic E-state index is 11.4. The molecule has 2 rings (SSSR count). The minimum Gasteiger partial charge on any atom is -0.459 e. The molecule has 2 aliphatic carbocycles. The van der Waals surface area contributed by atoms with Gasteiger partial charge in [0.2, 0.25) is 0 Å². The summed E-state index contributed by atoms with van der Waals surface area (Å²) in [5.74, 6) is -4.43. The van der Waals surface area contributed by atoms with Crippen molar-refractivity contribution >= 4 is 23.9 Å². The van der Waals surface area contributed by atoms with E-state index < -0.39 is 72.3 Å². The molecule has 0 heterocycles. The van der Waals surface area contributed by atoms with Gasteiger partial charge >= 0.3 is 23.9 Å². The third-order valence-corrected chi connectivity index (χ3v) is 4.52. The van der Waals surface area contributed by atoms with Crippen LogP contribution < -0.4 is 0 Å². The molecule has 0 aliphatic heterocycles. The van der Waals surface area contributed by atoms with E-state index in [9.17, 15) is 29.4 Å². The van der Waals surface area contributed by atoms with Crippen LogP contribution in [0.15, 0.2) is 0 Å². The lowest BCUT2D eigenvalue weighted by Crippen LogP contribution is -2.75. The van der Waals surface area contributed by atoms with Gasteiger partial charge in [-0.2, -0.15) is 0 Å². The molecule has 0 spiro atoms. The molecule has 2 aliphatic rings. The second kappa shape index (κ2) is 7.58. The van der Waals surface area contributed by atoms with Crippen molar-refractivity contribution in [1.82, 2.24) is 0 Å². The summed E-state index contributed by atoms with van der Waals surface area (Å²) >= 11 is 0. The van der Waals surface area contributed by atoms with Crippen LogP contribution in [0.2, 0.25) is 0 Å². The van der Waals surface area contributed by atoms with Crippen molar-refractivity contribution in [1.29, 1.82) is 0 Å². The zero-order valence-corrected chi connectivity index (χ0v) is 14.8. The summed E-state index contributed by atoms with van der Waals surface area (Å²) in [6.07, 6.45) is -7.66. The molecular weight excluding hydrogens is 352 g/mol. The SMILES string of the molecule is CC(=O)O[C@@H]1[C@@H](O)[C@@H](O)[C@H](OC(C)=O)[C@@H]2[C@@H](OC(C)=O)[C@H](OC(C)=O)[C@H]12. The topological polar surface area (TPSA) is 146 Å². The Labute approximate surface area is 149 Å². The van der Waals surface area contributed by atoms with E-state index in [0.29, 0.717) is 0 Å². The van der Waals surface area contributed by atoms with Gasteiger partial charge in [-0.05, 0) is 0 Å². The number of aliphatic hydroxyl groups is 2. The first-order valence-corrected chi connectivity index (χ1v) is 8.09. The van der Waals surface area contributed by atoms with Crippen LogP contribution in [0.3, 0.4) is 0 Å². The standard InChI is InChI=1S/C16H22O10/c1-5(17)23-13-9-10(14(24-6(2)18)12(22)11(13)21)16(26-8(4)20)15(9)25-7(3)19/h9-16,21-22H,1-4H3/t9-,10+,11-,12+,13-,14+,15-,16-/m1/s1. The predicted octanol–water partition coefficient (Wildman–Crippen LogP) is -1.31. The lowest BCUT2D eigenvalue weighted by Gasteiger charge is -2.58. The van der Waals surface area contributed by atoms with Crippen LogP contribution in [0.25, 0.3) is 0 Å². The second-order valence-corrected chi connectivity index (χ2v) is 6.43. The Morgan fingerprint density at radius 1 is 0.538 bits per heavy atom. The summed E-state index contributed by atoms with van der Waals surface area (Å²) in [6, 6.07) is 0. The average molecular weight is 374 g/mol. The number of ether oxygens (including phenoxy) is 4. The first kappa shape index (κ1) is 20.1. The molecular formula is C16H22O10. The van der Waals surface area contributed by atoms with Gasteiger partial charge in [0.05, 0.1) is 0 Å². The van der Waals surface area contributed by atoms with Crippen LogP contribution in [0.5, 0.6) is 0 Å². The van der Waals surface area contributed by atoms with E-state index in [1.807, 2.05) is 0 Å². The zero-order valence-electron chi connectivity index (χ0n) is 14.8. The Kier molecular flexibility index (Phi) is 5.87. The molecule has 0 bridgehead atoms. The highest BCUT2D eigenvalue weighted by atomic mass is 16.6. The number of hydrogen-bond donors (Lipinski definition) is 2. The third-order valence-electron chi connectivity index (χ3n) is 4.52. The first-order valence-electron chi connectivity index (χ1n) is 8.09. The van der Waals surface area contributed by atoms with E-state index in [1.54, 1.807) is 0 Å². The van der Waals surface area contributed by atoms with Gasteiger partial charge in [-0.1, -0.05) is 0 Å². The molecule has 0 aromatic rings. The van der Waals surface area contributed by atoms with Gasteiger partial charge in [-0.15, -0.1) is 0 Å². The summed E-state index contributed by atoms with van der Waals surface area (Å²) in [4.78, 5) is 45.6. The number of carbonyl (C=O) groups excluding carboxylic acids is 4. The van der Waals surface area contributed by atoms with Crippen molar-refractivity contribution in [3.05, 3.63) is 0 Å². The Morgan fingerprint density at radius 3 is 1.00 bits per heavy atom. The molecule has 2 saturated carbocycles. The Bertz CT molecular complexity index is 550. The van der Waals surface area contributed by atoms with Crippen LogP contribution in [-0.2, 0) is 38.1 Å². The monoisotopic (exact) mass is 374 g/mol. The van der Waals surface area contributed by atoms with E-state index in [0.717, 1.165) is 27.7 Å². The fourth-order valence-electron chi connectivity index (χ4n) is 3.74. The van der Waals surface area contributed by atoms with Gasteiger partial charge in [0.1, 0.15) is 36.6 Å². The van der Waals surface area contributed by atoms with Gasteiger partial charge in [-0.3, -0.25) is 19.2 Å². The summed E-state index contributed by atoms with van der Waals surface area (Å²) in [6.45, 7) is 4.54. The Hall–Kier alpha value is -2.20. The van der Waals surface area contributed by atoms with Crippen LogP contribution in [0, 0.1) is 11.8 Å². The Balaban J connectivity index is 2.41. The highest BCUT2D eigenvalue weighted by Crippen LogP contribution is 2.51. The highest BCUT2D eigenvalue weighted by Gasteiger charge is 2.69. The minimum absolute atomic E-state index is 0.670. The summed E-state index contributed by atoms with van der Waals surface area (Å²) in [5, 5.41) is 20.7. The second-order valence-electron chi connectivity index (χ2n) is 6.43. The molecule has 2 N–H and O–H groups in total. The first-order chi connectivity index (χ1) is 12.0. The molecule has 0 radical (unpaired) electrons. The lowest BCUT2D eigenvalue weighted by atomic mass is 9.57. The minimum atomic E-state index is -1.58. The molecule has 10 heteroatoms. The fraction of sp³-hybridized carbons (Fsp3) is 0.750. The molecule has 0 amide bonds. The number of hydrogen-bond acceptors (Lipinski definition) is 10. The maximum absolute atomic E-state index is 11.4. The largest absolute Gasteiger partial charge is 0.459 e. The van der Waals surface area contributed by atoms with Crippen LogP contribution >= 0.6 is 0 Å². The van der Waals surface area contributed by atoms with Crippen LogP contribution in [-0.4, -0.2) is 70.7 Å². The van der Waals surface area contributed by atoms with Crippen molar-refractivity contribution < 1.29 is 48.3 Å². The Morgan fingerprint density at radius 2 is 0.769 bits per heavy atom. The molecule has 146 valence electrons. The van der Waals surface area contributed by atoms with Gasteiger partial charge in [0.25, 0.3) is 0 Å². The van der Waals surface area contributed by atoms with Crippen molar-refractivity contribution in [3.8, 4) is 0 Å². The third kappa shape index (κ3) is 3.80. The van der Waals surface area contributed by atoms with Gasteiger partial charge in [0, 0.05) is 39.5 Å². The van der Waals surface area contributed by atoms with Crippen molar-refractivity contribution in [2.24, 2.45) is 11.8 Å². The smallest absolute Gasteiger partial charge is 0.303 e. The van der Waals surface area contributed by atoms with E-state index in [2.05, 4.69) is 0 Å². The quantitative estimate of drug-likeness (QED) is 0.449. The number of rotatable bonds is 4. The van der Waals surface area contributed by atoms with Crippen molar-refractivity contribution in [3.63, 3.8) is 0 Å². The van der Waals surface area contributed by atoms with Gasteiger partial charge < -0.3 is 29.2 Å². The van der Waals surface area contributed by atoms with E-state index >= 15 is 0 Å². The molecule has 0 aromatic carbocycles. The molecule has 0 aromatic heterocycles. The fourth-order valence-corrected chi connectivity index (χ4v) is 3.74. The van der Waals surface area contributed by atoms with Crippen LogP contribution in [0.1, 0.15) is 27.7 Å². The molecule has 2 fully saturated rings.